The molecule has 1 aliphatic heterocycles. The number of hydrogen-bond donors (Lipinski definition) is 2. The van der Waals surface area contributed by atoms with Gasteiger partial charge in [0.05, 0.1) is 6.04 Å². The van der Waals surface area contributed by atoms with Crippen molar-refractivity contribution in [3.05, 3.63) is 23.8 Å². The Kier molecular flexibility index (Phi) is 14.2. The third-order valence-corrected chi connectivity index (χ3v) is 5.74. The maximum atomic E-state index is 12.8. The molecule has 0 unspecified atom stereocenters. The van der Waals surface area contributed by atoms with Crippen molar-refractivity contribution in [2.75, 3.05) is 0 Å². The molecule has 1 aliphatic rings. The van der Waals surface area contributed by atoms with Crippen LogP contribution in [-0.4, -0.2) is 36.0 Å². The maximum Gasteiger partial charge on any atom is 0.247 e. The van der Waals surface area contributed by atoms with E-state index in [0.717, 1.165) is 51.2 Å². The SMILES string of the molecule is C/C1=C\C=C\C(=O)CCCCCCCCCCC[C@@H](C(=O)N[C@H](C=O)CC(C)C)NC1=O. The van der Waals surface area contributed by atoms with E-state index in [1.54, 1.807) is 19.1 Å². The molecule has 0 aliphatic carbocycles. The summed E-state index contributed by atoms with van der Waals surface area (Å²) in [6.07, 6.45) is 16.7. The first-order chi connectivity index (χ1) is 15.3. The van der Waals surface area contributed by atoms with Crippen LogP contribution in [0.15, 0.2) is 23.8 Å². The van der Waals surface area contributed by atoms with E-state index in [4.69, 9.17) is 0 Å². The van der Waals surface area contributed by atoms with Crippen LogP contribution in [0, 0.1) is 5.92 Å². The molecule has 180 valence electrons. The van der Waals surface area contributed by atoms with Gasteiger partial charge in [-0.25, -0.2) is 0 Å². The van der Waals surface area contributed by atoms with Crippen LogP contribution in [0.5, 0.6) is 0 Å². The summed E-state index contributed by atoms with van der Waals surface area (Å²) in [6, 6.07) is -1.24. The molecule has 32 heavy (non-hydrogen) atoms. The monoisotopic (exact) mass is 446 g/mol. The van der Waals surface area contributed by atoms with Crippen molar-refractivity contribution >= 4 is 23.9 Å². The van der Waals surface area contributed by atoms with E-state index in [1.807, 2.05) is 13.8 Å². The fourth-order valence-electron chi connectivity index (χ4n) is 3.82. The number of allylic oxidation sites excluding steroid dienone is 3. The molecule has 0 spiro atoms. The number of nitrogens with one attached hydrogen (secondary N) is 2. The van der Waals surface area contributed by atoms with Crippen LogP contribution < -0.4 is 10.6 Å². The zero-order chi connectivity index (χ0) is 23.8. The molecule has 6 heteroatoms. The first-order valence-electron chi connectivity index (χ1n) is 12.3. The van der Waals surface area contributed by atoms with E-state index in [-0.39, 0.29) is 23.5 Å². The second kappa shape index (κ2) is 16.4. The Morgan fingerprint density at radius 1 is 1.06 bits per heavy atom. The molecule has 0 aromatic heterocycles. The van der Waals surface area contributed by atoms with Gasteiger partial charge in [0.2, 0.25) is 11.8 Å². The average molecular weight is 447 g/mol. The lowest BCUT2D eigenvalue weighted by molar-refractivity contribution is -0.129. The molecule has 2 N–H and O–H groups in total. The molecule has 0 saturated carbocycles. The van der Waals surface area contributed by atoms with Gasteiger partial charge in [-0.3, -0.25) is 14.4 Å². The van der Waals surface area contributed by atoms with Crippen LogP contribution in [0.4, 0.5) is 0 Å². The minimum absolute atomic E-state index is 0.0645. The second-order valence-electron chi connectivity index (χ2n) is 9.30. The van der Waals surface area contributed by atoms with Gasteiger partial charge in [0.15, 0.2) is 5.78 Å². The van der Waals surface area contributed by atoms with E-state index in [2.05, 4.69) is 10.6 Å². The standard InChI is InChI=1S/C26H42N2O4/c1-20(2)18-22(19-29)27-26(32)24-17-12-10-8-6-4-5-7-9-11-15-23(30)16-13-14-21(3)25(31)28-24/h13-14,16,19-20,22,24H,4-12,15,17-18H2,1-3H3,(H,27,32)(H,28,31)/b16-13+,21-14+/t22-,24-/m0/s1. The number of carbonyl (C=O) groups excluding carboxylic acids is 4. The zero-order valence-electron chi connectivity index (χ0n) is 20.2. The Balaban J connectivity index is 2.85. The number of rotatable bonds is 5. The Morgan fingerprint density at radius 3 is 2.25 bits per heavy atom. The summed E-state index contributed by atoms with van der Waals surface area (Å²) in [4.78, 5) is 48.8. The third kappa shape index (κ3) is 12.6. The van der Waals surface area contributed by atoms with E-state index in [0.29, 0.717) is 24.8 Å². The largest absolute Gasteiger partial charge is 0.345 e. The zero-order valence-corrected chi connectivity index (χ0v) is 20.2. The van der Waals surface area contributed by atoms with Gasteiger partial charge >= 0.3 is 0 Å². The Bertz CT molecular complexity index is 667. The molecule has 6 nitrogen and oxygen atoms in total. The van der Waals surface area contributed by atoms with Crippen LogP contribution in [-0.2, 0) is 19.2 Å². The number of ketones is 1. The van der Waals surface area contributed by atoms with Crippen molar-refractivity contribution in [3.63, 3.8) is 0 Å². The Hall–Kier alpha value is -2.24. The van der Waals surface area contributed by atoms with Gasteiger partial charge in [-0.2, -0.15) is 0 Å². The molecule has 0 aromatic rings. The fraction of sp³-hybridized carbons (Fsp3) is 0.692. The molecule has 0 aromatic carbocycles. The molecule has 1 heterocycles. The number of amides is 2. The Labute approximate surface area is 193 Å². The summed E-state index contributed by atoms with van der Waals surface area (Å²) in [5.41, 5.74) is 0.430. The highest BCUT2D eigenvalue weighted by Gasteiger charge is 2.23. The van der Waals surface area contributed by atoms with Gasteiger partial charge in [-0.05, 0) is 38.2 Å². The second-order valence-corrected chi connectivity index (χ2v) is 9.30. The lowest BCUT2D eigenvalue weighted by Gasteiger charge is -2.22. The number of aldehydes is 1. The molecule has 0 radical (unpaired) electrons. The minimum atomic E-state index is -0.687. The van der Waals surface area contributed by atoms with Gasteiger partial charge in [0, 0.05) is 12.0 Å². The summed E-state index contributed by atoms with van der Waals surface area (Å²) in [7, 11) is 0. The molecular weight excluding hydrogens is 404 g/mol. The molecule has 2 amide bonds. The summed E-state index contributed by atoms with van der Waals surface area (Å²) >= 11 is 0. The smallest absolute Gasteiger partial charge is 0.247 e. The molecule has 2 atom stereocenters. The molecule has 0 saturated heterocycles. The van der Waals surface area contributed by atoms with Crippen molar-refractivity contribution in [3.8, 4) is 0 Å². The number of hydrogen-bond acceptors (Lipinski definition) is 4. The van der Waals surface area contributed by atoms with Crippen molar-refractivity contribution in [1.82, 2.24) is 10.6 Å². The van der Waals surface area contributed by atoms with Crippen LogP contribution in [0.3, 0.4) is 0 Å². The van der Waals surface area contributed by atoms with Gasteiger partial charge < -0.3 is 15.4 Å². The van der Waals surface area contributed by atoms with Crippen molar-refractivity contribution in [2.45, 2.75) is 110 Å². The van der Waals surface area contributed by atoms with Crippen molar-refractivity contribution in [2.24, 2.45) is 5.92 Å². The fourth-order valence-corrected chi connectivity index (χ4v) is 3.82. The molecule has 1 rings (SSSR count). The van der Waals surface area contributed by atoms with Crippen molar-refractivity contribution in [1.29, 1.82) is 0 Å². The lowest BCUT2D eigenvalue weighted by Crippen LogP contribution is -2.50. The highest BCUT2D eigenvalue weighted by Crippen LogP contribution is 2.13. The number of carbonyl (C=O) groups is 4. The Morgan fingerprint density at radius 2 is 1.66 bits per heavy atom. The topological polar surface area (TPSA) is 92.3 Å². The van der Waals surface area contributed by atoms with Gasteiger partial charge in [-0.15, -0.1) is 0 Å². The molecule has 0 bridgehead atoms. The predicted molar refractivity (Wildman–Crippen MR) is 128 cm³/mol. The maximum absolute atomic E-state index is 12.8. The van der Waals surface area contributed by atoms with Gasteiger partial charge in [0.25, 0.3) is 0 Å². The van der Waals surface area contributed by atoms with E-state index >= 15 is 0 Å². The quantitative estimate of drug-likeness (QED) is 0.605. The summed E-state index contributed by atoms with van der Waals surface area (Å²) in [6.45, 7) is 5.65. The normalized spacial score (nSPS) is 24.1. The van der Waals surface area contributed by atoms with Gasteiger partial charge in [0.1, 0.15) is 12.3 Å². The van der Waals surface area contributed by atoms with E-state index in [9.17, 15) is 19.2 Å². The van der Waals surface area contributed by atoms with E-state index < -0.39 is 12.1 Å². The summed E-state index contributed by atoms with van der Waals surface area (Å²) < 4.78 is 0. The van der Waals surface area contributed by atoms with Crippen LogP contribution in [0.25, 0.3) is 0 Å². The minimum Gasteiger partial charge on any atom is -0.345 e. The highest BCUT2D eigenvalue weighted by molar-refractivity contribution is 5.97. The third-order valence-electron chi connectivity index (χ3n) is 5.74. The van der Waals surface area contributed by atoms with Crippen LogP contribution in [0.2, 0.25) is 0 Å². The average Bonchev–Trinajstić information content (AvgIpc) is 2.74. The van der Waals surface area contributed by atoms with Crippen LogP contribution >= 0.6 is 0 Å². The summed E-state index contributed by atoms with van der Waals surface area (Å²) in [5, 5.41) is 5.60. The molecular formula is C26H42N2O4. The molecule has 0 fully saturated rings. The van der Waals surface area contributed by atoms with Gasteiger partial charge in [-0.1, -0.05) is 77.4 Å². The summed E-state index contributed by atoms with van der Waals surface area (Å²) in [5.74, 6) is -0.323. The first-order valence-corrected chi connectivity index (χ1v) is 12.3. The lowest BCUT2D eigenvalue weighted by atomic mass is 10.0. The highest BCUT2D eigenvalue weighted by atomic mass is 16.2. The first kappa shape index (κ1) is 27.8. The van der Waals surface area contributed by atoms with Crippen LogP contribution in [0.1, 0.15) is 97.8 Å². The predicted octanol–water partition coefficient (Wildman–Crippen LogP) is 4.58. The van der Waals surface area contributed by atoms with Crippen molar-refractivity contribution < 1.29 is 19.2 Å². The van der Waals surface area contributed by atoms with E-state index in [1.165, 1.54) is 18.9 Å².